The van der Waals surface area contributed by atoms with Crippen LogP contribution in [0.4, 0.5) is 0 Å². The molecule has 0 aromatic heterocycles. The standard InChI is InChI=1S/C28H18/c1-17-12-15-23-21(16-17)20-8-2-3-9-22(20)28(23)24-10-4-6-18-13-14-19-7-5-11-25(28)27(19)26(18)24/h2-16H,1H3. The zero-order valence-electron chi connectivity index (χ0n) is 15.7. The second-order valence-corrected chi connectivity index (χ2v) is 8.22. The van der Waals surface area contributed by atoms with Gasteiger partial charge in [0.2, 0.25) is 0 Å². The van der Waals surface area contributed by atoms with Crippen LogP contribution >= 0.6 is 0 Å². The second-order valence-electron chi connectivity index (χ2n) is 8.22. The molecule has 28 heavy (non-hydrogen) atoms. The SMILES string of the molecule is Cc1ccc2c(c1)-c1ccccc1C21c2cccc3ccc4cccc1c4c23. The summed E-state index contributed by atoms with van der Waals surface area (Å²) < 4.78 is 0. The summed E-state index contributed by atoms with van der Waals surface area (Å²) in [5.41, 5.74) is 9.60. The molecule has 2 aliphatic rings. The molecule has 0 nitrogen and oxygen atoms in total. The van der Waals surface area contributed by atoms with Crippen LogP contribution in [0, 0.1) is 6.92 Å². The maximum Gasteiger partial charge on any atom is 0.0725 e. The van der Waals surface area contributed by atoms with Gasteiger partial charge in [-0.05, 0) is 61.8 Å². The lowest BCUT2D eigenvalue weighted by Crippen LogP contribution is -2.26. The van der Waals surface area contributed by atoms with Crippen LogP contribution in [0.1, 0.15) is 27.8 Å². The molecule has 0 radical (unpaired) electrons. The van der Waals surface area contributed by atoms with E-state index in [0.717, 1.165) is 0 Å². The van der Waals surface area contributed by atoms with Crippen molar-refractivity contribution in [3.8, 4) is 11.1 Å². The molecule has 0 atom stereocenters. The van der Waals surface area contributed by atoms with Gasteiger partial charge in [0.05, 0.1) is 5.41 Å². The summed E-state index contributed by atoms with van der Waals surface area (Å²) in [4.78, 5) is 0. The summed E-state index contributed by atoms with van der Waals surface area (Å²) in [6.45, 7) is 2.19. The highest BCUT2D eigenvalue weighted by atomic mass is 14.5. The van der Waals surface area contributed by atoms with Gasteiger partial charge in [0, 0.05) is 0 Å². The molecular weight excluding hydrogens is 336 g/mol. The van der Waals surface area contributed by atoms with E-state index in [-0.39, 0.29) is 5.41 Å². The fourth-order valence-corrected chi connectivity index (χ4v) is 5.90. The molecule has 0 heterocycles. The van der Waals surface area contributed by atoms with Gasteiger partial charge >= 0.3 is 0 Å². The molecule has 0 unspecified atom stereocenters. The molecule has 2 aliphatic carbocycles. The van der Waals surface area contributed by atoms with Crippen molar-refractivity contribution in [1.29, 1.82) is 0 Å². The van der Waals surface area contributed by atoms with Gasteiger partial charge in [-0.1, -0.05) is 96.6 Å². The van der Waals surface area contributed by atoms with E-state index >= 15 is 0 Å². The molecule has 0 fully saturated rings. The lowest BCUT2D eigenvalue weighted by atomic mass is 9.70. The minimum Gasteiger partial charge on any atom is -0.0619 e. The normalized spacial score (nSPS) is 14.9. The van der Waals surface area contributed by atoms with Crippen LogP contribution < -0.4 is 0 Å². The molecule has 0 aliphatic heterocycles. The molecule has 0 saturated heterocycles. The zero-order valence-corrected chi connectivity index (χ0v) is 15.7. The molecule has 0 N–H and O–H groups in total. The quantitative estimate of drug-likeness (QED) is 0.258. The molecule has 0 amide bonds. The maximum atomic E-state index is 2.37. The summed E-state index contributed by atoms with van der Waals surface area (Å²) in [7, 11) is 0. The highest BCUT2D eigenvalue weighted by Gasteiger charge is 2.50. The minimum atomic E-state index is -0.206. The van der Waals surface area contributed by atoms with Crippen molar-refractivity contribution in [3.05, 3.63) is 119 Å². The first-order chi connectivity index (χ1) is 13.8. The Morgan fingerprint density at radius 2 is 1.11 bits per heavy atom. The van der Waals surface area contributed by atoms with Crippen molar-refractivity contribution in [2.45, 2.75) is 12.3 Å². The summed E-state index contributed by atoms with van der Waals surface area (Å²) in [5.74, 6) is 0. The molecule has 5 aromatic rings. The van der Waals surface area contributed by atoms with E-state index in [1.165, 1.54) is 60.5 Å². The summed E-state index contributed by atoms with van der Waals surface area (Å²) >= 11 is 0. The number of fused-ring (bicyclic) bond motifs is 7. The minimum absolute atomic E-state index is 0.206. The van der Waals surface area contributed by atoms with Crippen molar-refractivity contribution in [2.75, 3.05) is 0 Å². The van der Waals surface area contributed by atoms with Crippen LogP contribution in [0.15, 0.2) is 91.0 Å². The van der Waals surface area contributed by atoms with Gasteiger partial charge in [-0.3, -0.25) is 0 Å². The first kappa shape index (κ1) is 14.6. The van der Waals surface area contributed by atoms with Crippen LogP contribution in [0.25, 0.3) is 32.7 Å². The lowest BCUT2D eigenvalue weighted by molar-refractivity contribution is 0.796. The monoisotopic (exact) mass is 354 g/mol. The Labute approximate surface area is 164 Å². The van der Waals surface area contributed by atoms with E-state index in [4.69, 9.17) is 0 Å². The van der Waals surface area contributed by atoms with Crippen LogP contribution in [0.5, 0.6) is 0 Å². The van der Waals surface area contributed by atoms with Gasteiger partial charge in [-0.25, -0.2) is 0 Å². The molecule has 7 rings (SSSR count). The Morgan fingerprint density at radius 1 is 0.500 bits per heavy atom. The maximum absolute atomic E-state index is 2.37. The molecule has 0 heteroatoms. The van der Waals surface area contributed by atoms with E-state index in [1.807, 2.05) is 0 Å². The van der Waals surface area contributed by atoms with E-state index in [9.17, 15) is 0 Å². The fourth-order valence-electron chi connectivity index (χ4n) is 5.90. The van der Waals surface area contributed by atoms with E-state index < -0.39 is 0 Å². The van der Waals surface area contributed by atoms with Crippen molar-refractivity contribution in [1.82, 2.24) is 0 Å². The number of rotatable bonds is 0. The zero-order chi connectivity index (χ0) is 18.5. The smallest absolute Gasteiger partial charge is 0.0619 e. The van der Waals surface area contributed by atoms with Crippen molar-refractivity contribution in [3.63, 3.8) is 0 Å². The van der Waals surface area contributed by atoms with Crippen LogP contribution in [-0.2, 0) is 5.41 Å². The third-order valence-electron chi connectivity index (χ3n) is 6.89. The van der Waals surface area contributed by atoms with Crippen LogP contribution in [0.2, 0.25) is 0 Å². The van der Waals surface area contributed by atoms with Crippen molar-refractivity contribution < 1.29 is 0 Å². The van der Waals surface area contributed by atoms with Gasteiger partial charge in [-0.15, -0.1) is 0 Å². The number of benzene rings is 5. The van der Waals surface area contributed by atoms with Crippen LogP contribution in [-0.4, -0.2) is 0 Å². The van der Waals surface area contributed by atoms with Gasteiger partial charge in [0.25, 0.3) is 0 Å². The topological polar surface area (TPSA) is 0 Å². The predicted molar refractivity (Wildman–Crippen MR) is 117 cm³/mol. The number of hydrogen-bond donors (Lipinski definition) is 0. The number of aryl methyl sites for hydroxylation is 1. The molecule has 5 aromatic carbocycles. The average molecular weight is 354 g/mol. The molecule has 0 saturated carbocycles. The van der Waals surface area contributed by atoms with E-state index in [0.29, 0.717) is 0 Å². The van der Waals surface area contributed by atoms with Gasteiger partial charge in [0.1, 0.15) is 0 Å². The Bertz CT molecular complexity index is 1410. The molecule has 1 spiro atoms. The Morgan fingerprint density at radius 3 is 1.82 bits per heavy atom. The van der Waals surface area contributed by atoms with E-state index in [2.05, 4.69) is 97.9 Å². The van der Waals surface area contributed by atoms with Gasteiger partial charge in [-0.2, -0.15) is 0 Å². The largest absolute Gasteiger partial charge is 0.0725 e. The van der Waals surface area contributed by atoms with Gasteiger partial charge < -0.3 is 0 Å². The Balaban J connectivity index is 1.80. The van der Waals surface area contributed by atoms with E-state index in [1.54, 1.807) is 0 Å². The summed E-state index contributed by atoms with van der Waals surface area (Å²) in [6, 6.07) is 34.3. The second kappa shape index (κ2) is 4.72. The molecule has 0 bridgehead atoms. The lowest BCUT2D eigenvalue weighted by Gasteiger charge is -2.30. The fraction of sp³-hybridized carbons (Fsp3) is 0.0714. The number of hydrogen-bond acceptors (Lipinski definition) is 0. The summed E-state index contributed by atoms with van der Waals surface area (Å²) in [6.07, 6.45) is 0. The van der Waals surface area contributed by atoms with Gasteiger partial charge in [0.15, 0.2) is 0 Å². The highest BCUT2D eigenvalue weighted by Crippen LogP contribution is 2.62. The van der Waals surface area contributed by atoms with Crippen molar-refractivity contribution >= 4 is 21.5 Å². The Hall–Kier alpha value is -3.38. The van der Waals surface area contributed by atoms with Crippen molar-refractivity contribution in [2.24, 2.45) is 0 Å². The van der Waals surface area contributed by atoms with Crippen LogP contribution in [0.3, 0.4) is 0 Å². The third-order valence-corrected chi connectivity index (χ3v) is 6.89. The third kappa shape index (κ3) is 1.44. The first-order valence-corrected chi connectivity index (χ1v) is 9.96. The Kier molecular flexibility index (Phi) is 2.47. The molecule has 130 valence electrons. The first-order valence-electron chi connectivity index (χ1n) is 9.96. The molecular formula is C28H18. The summed E-state index contributed by atoms with van der Waals surface area (Å²) in [5, 5.41) is 5.54. The average Bonchev–Trinajstić information content (AvgIpc) is 3.20. The predicted octanol–water partition coefficient (Wildman–Crippen LogP) is 6.98. The highest BCUT2D eigenvalue weighted by molar-refractivity contribution is 6.17.